The number of benzene rings is 1. The fraction of sp³-hybridized carbons (Fsp3) is 0.318. The van der Waals surface area contributed by atoms with E-state index in [1.807, 2.05) is 42.3 Å². The number of rotatable bonds is 6. The lowest BCUT2D eigenvalue weighted by molar-refractivity contribution is -0.130. The monoisotopic (exact) mass is 419 g/mol. The zero-order valence-electron chi connectivity index (χ0n) is 17.4. The molecule has 1 aliphatic heterocycles. The van der Waals surface area contributed by atoms with Crippen LogP contribution in [-0.4, -0.2) is 62.6 Å². The number of amides is 2. The molecule has 2 aromatic heterocycles. The Hall–Kier alpha value is -3.75. The van der Waals surface area contributed by atoms with E-state index in [9.17, 15) is 9.59 Å². The second kappa shape index (κ2) is 9.38. The highest BCUT2D eigenvalue weighted by molar-refractivity contribution is 5.90. The number of aryl methyl sites for hydroxylation is 1. The lowest BCUT2D eigenvalue weighted by Crippen LogP contribution is -2.49. The van der Waals surface area contributed by atoms with Crippen molar-refractivity contribution in [3.05, 3.63) is 66.2 Å². The second-order valence-corrected chi connectivity index (χ2v) is 7.55. The molecule has 160 valence electrons. The minimum Gasteiger partial charge on any atom is -0.339 e. The maximum atomic E-state index is 12.7. The highest BCUT2D eigenvalue weighted by Crippen LogP contribution is 2.14. The molecular formula is C22H25N7O2. The van der Waals surface area contributed by atoms with Gasteiger partial charge in [-0.25, -0.2) is 9.97 Å². The van der Waals surface area contributed by atoms with Crippen molar-refractivity contribution < 1.29 is 9.59 Å². The van der Waals surface area contributed by atoms with Gasteiger partial charge in [0.05, 0.1) is 12.6 Å². The molecule has 0 unspecified atom stereocenters. The molecule has 1 aromatic carbocycles. The zero-order chi connectivity index (χ0) is 21.6. The Labute approximate surface area is 180 Å². The van der Waals surface area contributed by atoms with Crippen LogP contribution in [0.15, 0.2) is 55.1 Å². The first-order valence-electron chi connectivity index (χ1n) is 10.2. The number of hydrogen-bond acceptors (Lipinski definition) is 6. The van der Waals surface area contributed by atoms with Gasteiger partial charge in [-0.1, -0.05) is 12.1 Å². The maximum absolute atomic E-state index is 12.7. The summed E-state index contributed by atoms with van der Waals surface area (Å²) in [5, 5.41) is 6.97. The van der Waals surface area contributed by atoms with Crippen molar-refractivity contribution in [2.75, 3.05) is 36.4 Å². The molecule has 9 nitrogen and oxygen atoms in total. The van der Waals surface area contributed by atoms with Crippen molar-refractivity contribution in [3.63, 3.8) is 0 Å². The lowest BCUT2D eigenvalue weighted by atomic mass is 10.1. The van der Waals surface area contributed by atoms with E-state index in [1.165, 1.54) is 0 Å². The van der Waals surface area contributed by atoms with Gasteiger partial charge in [-0.05, 0) is 36.2 Å². The quantitative estimate of drug-likeness (QED) is 0.651. The van der Waals surface area contributed by atoms with Gasteiger partial charge in [0.1, 0.15) is 6.54 Å². The van der Waals surface area contributed by atoms with E-state index >= 15 is 0 Å². The Morgan fingerprint density at radius 2 is 1.74 bits per heavy atom. The molecule has 1 saturated heterocycles. The standard InChI is InChI=1S/C22H25N7O2/c1-17-14-25-29(15-17)16-20(30)26-19-5-3-18(4-6-19)13-21(31)27-9-11-28(12-10-27)22-23-7-2-8-24-22/h2-8,14-15H,9-13,16H2,1H3,(H,26,30). The topological polar surface area (TPSA) is 96.2 Å². The smallest absolute Gasteiger partial charge is 0.246 e. The van der Waals surface area contributed by atoms with Crippen LogP contribution in [0.4, 0.5) is 11.6 Å². The van der Waals surface area contributed by atoms with Crippen molar-refractivity contribution in [1.82, 2.24) is 24.6 Å². The van der Waals surface area contributed by atoms with Gasteiger partial charge in [0.2, 0.25) is 17.8 Å². The Morgan fingerprint density at radius 3 is 2.39 bits per heavy atom. The molecule has 0 spiro atoms. The first-order chi connectivity index (χ1) is 15.1. The molecule has 4 rings (SSSR count). The fourth-order valence-corrected chi connectivity index (χ4v) is 3.50. The third-order valence-corrected chi connectivity index (χ3v) is 5.13. The average molecular weight is 419 g/mol. The van der Waals surface area contributed by atoms with E-state index in [1.54, 1.807) is 29.3 Å². The Balaban J connectivity index is 1.25. The molecule has 9 heteroatoms. The summed E-state index contributed by atoms with van der Waals surface area (Å²) in [4.78, 5) is 37.3. The van der Waals surface area contributed by atoms with Crippen LogP contribution < -0.4 is 10.2 Å². The van der Waals surface area contributed by atoms with Crippen molar-refractivity contribution in [1.29, 1.82) is 0 Å². The van der Waals surface area contributed by atoms with Crippen molar-refractivity contribution in [2.24, 2.45) is 0 Å². The number of hydrogen-bond donors (Lipinski definition) is 1. The van der Waals surface area contributed by atoms with Crippen molar-refractivity contribution >= 4 is 23.5 Å². The van der Waals surface area contributed by atoms with Crippen molar-refractivity contribution in [3.8, 4) is 0 Å². The highest BCUT2D eigenvalue weighted by atomic mass is 16.2. The van der Waals surface area contributed by atoms with E-state index in [-0.39, 0.29) is 18.4 Å². The SMILES string of the molecule is Cc1cnn(CC(=O)Nc2ccc(CC(=O)N3CCN(c4ncccn4)CC3)cc2)c1. The van der Waals surface area contributed by atoms with Crippen LogP contribution in [0.3, 0.4) is 0 Å². The summed E-state index contributed by atoms with van der Waals surface area (Å²) in [6.07, 6.45) is 7.33. The van der Waals surface area contributed by atoms with Crippen LogP contribution >= 0.6 is 0 Å². The summed E-state index contributed by atoms with van der Waals surface area (Å²) in [5.41, 5.74) is 2.62. The third-order valence-electron chi connectivity index (χ3n) is 5.13. The number of nitrogens with one attached hydrogen (secondary N) is 1. The molecule has 1 aliphatic rings. The summed E-state index contributed by atoms with van der Waals surface area (Å²) in [6.45, 7) is 4.83. The van der Waals surface area contributed by atoms with Crippen LogP contribution in [0.5, 0.6) is 0 Å². The molecule has 0 bridgehead atoms. The summed E-state index contributed by atoms with van der Waals surface area (Å²) in [5.74, 6) is 0.654. The fourth-order valence-electron chi connectivity index (χ4n) is 3.50. The molecule has 0 aliphatic carbocycles. The molecule has 1 fully saturated rings. The van der Waals surface area contributed by atoms with E-state index in [2.05, 4.69) is 25.3 Å². The number of carbonyl (C=O) groups excluding carboxylic acids is 2. The number of anilines is 2. The molecular weight excluding hydrogens is 394 g/mol. The van der Waals surface area contributed by atoms with Crippen LogP contribution in [0.2, 0.25) is 0 Å². The summed E-state index contributed by atoms with van der Waals surface area (Å²) in [7, 11) is 0. The predicted molar refractivity (Wildman–Crippen MR) is 117 cm³/mol. The molecule has 31 heavy (non-hydrogen) atoms. The van der Waals surface area contributed by atoms with E-state index < -0.39 is 0 Å². The summed E-state index contributed by atoms with van der Waals surface area (Å²) in [6, 6.07) is 9.18. The normalized spacial score (nSPS) is 13.8. The van der Waals surface area contributed by atoms with Gasteiger partial charge < -0.3 is 15.1 Å². The van der Waals surface area contributed by atoms with Gasteiger partial charge in [-0.3, -0.25) is 14.3 Å². The Bertz CT molecular complexity index is 1030. The molecule has 2 amide bonds. The Morgan fingerprint density at radius 1 is 1.03 bits per heavy atom. The summed E-state index contributed by atoms with van der Waals surface area (Å²) >= 11 is 0. The number of aromatic nitrogens is 4. The minimum absolute atomic E-state index is 0.0967. The summed E-state index contributed by atoms with van der Waals surface area (Å²) < 4.78 is 1.60. The average Bonchev–Trinajstić information content (AvgIpc) is 3.20. The van der Waals surface area contributed by atoms with Crippen LogP contribution in [0.1, 0.15) is 11.1 Å². The molecule has 1 N–H and O–H groups in total. The van der Waals surface area contributed by atoms with Gasteiger partial charge >= 0.3 is 0 Å². The van der Waals surface area contributed by atoms with Crippen LogP contribution in [0.25, 0.3) is 0 Å². The van der Waals surface area contributed by atoms with E-state index in [0.717, 1.165) is 24.2 Å². The van der Waals surface area contributed by atoms with Crippen LogP contribution in [-0.2, 0) is 22.6 Å². The molecule has 0 atom stereocenters. The number of piperazine rings is 1. The van der Waals surface area contributed by atoms with E-state index in [0.29, 0.717) is 31.1 Å². The van der Waals surface area contributed by atoms with Gasteiger partial charge in [0.15, 0.2) is 0 Å². The molecule has 3 aromatic rings. The lowest BCUT2D eigenvalue weighted by Gasteiger charge is -2.34. The van der Waals surface area contributed by atoms with E-state index in [4.69, 9.17) is 0 Å². The van der Waals surface area contributed by atoms with Gasteiger partial charge in [-0.15, -0.1) is 0 Å². The molecule has 0 radical (unpaired) electrons. The number of carbonyl (C=O) groups is 2. The highest BCUT2D eigenvalue weighted by Gasteiger charge is 2.22. The predicted octanol–water partition coefficient (Wildman–Crippen LogP) is 1.51. The minimum atomic E-state index is -0.146. The molecule has 0 saturated carbocycles. The second-order valence-electron chi connectivity index (χ2n) is 7.55. The van der Waals surface area contributed by atoms with Crippen LogP contribution in [0, 0.1) is 6.92 Å². The first-order valence-corrected chi connectivity index (χ1v) is 10.2. The largest absolute Gasteiger partial charge is 0.339 e. The zero-order valence-corrected chi connectivity index (χ0v) is 17.4. The van der Waals surface area contributed by atoms with Gasteiger partial charge in [-0.2, -0.15) is 5.10 Å². The van der Waals surface area contributed by atoms with Gasteiger partial charge in [0, 0.05) is 50.5 Å². The van der Waals surface area contributed by atoms with Crippen molar-refractivity contribution in [2.45, 2.75) is 19.9 Å². The third kappa shape index (κ3) is 5.44. The van der Waals surface area contributed by atoms with Gasteiger partial charge in [0.25, 0.3) is 0 Å². The number of nitrogens with zero attached hydrogens (tertiary/aromatic N) is 6. The molecule has 3 heterocycles. The Kier molecular flexibility index (Phi) is 6.21. The maximum Gasteiger partial charge on any atom is 0.246 e. The first kappa shape index (κ1) is 20.5.